The Kier molecular flexibility index (Phi) is 4.15. The van der Waals surface area contributed by atoms with E-state index < -0.39 is 5.91 Å². The van der Waals surface area contributed by atoms with Crippen molar-refractivity contribution in [2.75, 3.05) is 19.6 Å². The van der Waals surface area contributed by atoms with Crippen LogP contribution in [0.4, 0.5) is 0 Å². The van der Waals surface area contributed by atoms with Crippen molar-refractivity contribution in [2.45, 2.75) is 6.04 Å². The molecule has 0 spiro atoms. The average Bonchev–Trinajstić information content (AvgIpc) is 2.90. The third-order valence-corrected chi connectivity index (χ3v) is 2.39. The Morgan fingerprint density at radius 3 is 2.78 bits per heavy atom. The summed E-state index contributed by atoms with van der Waals surface area (Å²) in [5.41, 5.74) is 5.99. The lowest BCUT2D eigenvalue weighted by Gasteiger charge is -2.10. The number of hydrazine groups is 1. The highest BCUT2D eigenvalue weighted by atomic mass is 16.2. The SMILES string of the molecule is O=C(CNC(=O)c1cnccn1)NC1CNNC1. The molecule has 0 aliphatic carbocycles. The van der Waals surface area contributed by atoms with Crippen LogP contribution in [0.3, 0.4) is 0 Å². The summed E-state index contributed by atoms with van der Waals surface area (Å²) in [4.78, 5) is 30.7. The largest absolute Gasteiger partial charge is 0.349 e. The molecule has 1 fully saturated rings. The van der Waals surface area contributed by atoms with Gasteiger partial charge in [-0.05, 0) is 0 Å². The minimum atomic E-state index is -0.416. The molecule has 0 saturated carbocycles. The van der Waals surface area contributed by atoms with Crippen LogP contribution in [0.15, 0.2) is 18.6 Å². The van der Waals surface area contributed by atoms with Crippen molar-refractivity contribution in [3.05, 3.63) is 24.3 Å². The highest BCUT2D eigenvalue weighted by Gasteiger charge is 2.16. The molecule has 8 nitrogen and oxygen atoms in total. The summed E-state index contributed by atoms with van der Waals surface area (Å²) in [6.45, 7) is 1.26. The molecule has 4 N–H and O–H groups in total. The molecular weight excluding hydrogens is 236 g/mol. The lowest BCUT2D eigenvalue weighted by atomic mass is 10.3. The maximum Gasteiger partial charge on any atom is 0.271 e. The second-order valence-corrected chi connectivity index (χ2v) is 3.80. The van der Waals surface area contributed by atoms with Gasteiger partial charge in [0, 0.05) is 25.5 Å². The van der Waals surface area contributed by atoms with Gasteiger partial charge in [0.1, 0.15) is 5.69 Å². The number of rotatable bonds is 4. The Balaban J connectivity index is 1.74. The molecule has 0 atom stereocenters. The number of carbonyl (C=O) groups is 2. The molecule has 1 aromatic rings. The summed E-state index contributed by atoms with van der Waals surface area (Å²) in [5, 5.41) is 5.25. The molecular formula is C10H14N6O2. The molecule has 2 amide bonds. The highest BCUT2D eigenvalue weighted by Crippen LogP contribution is 1.89. The van der Waals surface area contributed by atoms with Gasteiger partial charge in [-0.15, -0.1) is 0 Å². The molecule has 2 heterocycles. The van der Waals surface area contributed by atoms with Crippen LogP contribution in [0.5, 0.6) is 0 Å². The predicted octanol–water partition coefficient (Wildman–Crippen LogP) is -2.20. The number of nitrogens with one attached hydrogen (secondary N) is 4. The first-order valence-corrected chi connectivity index (χ1v) is 5.55. The quantitative estimate of drug-likeness (QED) is 0.483. The van der Waals surface area contributed by atoms with Crippen LogP contribution in [-0.2, 0) is 4.79 Å². The summed E-state index contributed by atoms with van der Waals surface area (Å²) in [5.74, 6) is -0.649. The zero-order chi connectivity index (χ0) is 12.8. The summed E-state index contributed by atoms with van der Waals surface area (Å²) in [6.07, 6.45) is 4.24. The van der Waals surface area contributed by atoms with E-state index in [0.717, 1.165) is 0 Å². The van der Waals surface area contributed by atoms with Gasteiger partial charge in [0.2, 0.25) is 5.91 Å². The number of amides is 2. The van der Waals surface area contributed by atoms with E-state index in [0.29, 0.717) is 13.1 Å². The van der Waals surface area contributed by atoms with Gasteiger partial charge in [-0.3, -0.25) is 25.4 Å². The van der Waals surface area contributed by atoms with Crippen LogP contribution in [0.25, 0.3) is 0 Å². The maximum atomic E-state index is 11.6. The van der Waals surface area contributed by atoms with E-state index in [-0.39, 0.29) is 24.2 Å². The molecule has 1 aliphatic rings. The minimum Gasteiger partial charge on any atom is -0.349 e. The maximum absolute atomic E-state index is 11.6. The van der Waals surface area contributed by atoms with Gasteiger partial charge in [0.15, 0.2) is 0 Å². The molecule has 0 bridgehead atoms. The first kappa shape index (κ1) is 12.4. The minimum absolute atomic E-state index is 0.0471. The molecule has 8 heteroatoms. The van der Waals surface area contributed by atoms with E-state index in [1.807, 2.05) is 0 Å². The fraction of sp³-hybridized carbons (Fsp3) is 0.400. The van der Waals surface area contributed by atoms with Crippen LogP contribution >= 0.6 is 0 Å². The Bertz CT molecular complexity index is 418. The molecule has 1 saturated heterocycles. The molecule has 0 radical (unpaired) electrons. The highest BCUT2D eigenvalue weighted by molar-refractivity contribution is 5.94. The number of nitrogens with zero attached hydrogens (tertiary/aromatic N) is 2. The van der Waals surface area contributed by atoms with Crippen LogP contribution in [0, 0.1) is 0 Å². The number of carbonyl (C=O) groups excluding carboxylic acids is 2. The first-order chi connectivity index (χ1) is 8.75. The zero-order valence-electron chi connectivity index (χ0n) is 9.64. The molecule has 1 aliphatic heterocycles. The summed E-state index contributed by atoms with van der Waals surface area (Å²) in [7, 11) is 0. The van der Waals surface area contributed by atoms with E-state index in [1.165, 1.54) is 18.6 Å². The van der Waals surface area contributed by atoms with Gasteiger partial charge in [-0.25, -0.2) is 4.98 Å². The second-order valence-electron chi connectivity index (χ2n) is 3.80. The topological polar surface area (TPSA) is 108 Å². The van der Waals surface area contributed by atoms with Crippen LogP contribution in [0.2, 0.25) is 0 Å². The Morgan fingerprint density at radius 1 is 1.33 bits per heavy atom. The smallest absolute Gasteiger partial charge is 0.271 e. The Morgan fingerprint density at radius 2 is 2.11 bits per heavy atom. The van der Waals surface area contributed by atoms with Crippen LogP contribution in [-0.4, -0.2) is 47.5 Å². The molecule has 2 rings (SSSR count). The summed E-state index contributed by atoms with van der Waals surface area (Å²) < 4.78 is 0. The van der Waals surface area contributed by atoms with Gasteiger partial charge in [0.25, 0.3) is 5.91 Å². The molecule has 18 heavy (non-hydrogen) atoms. The first-order valence-electron chi connectivity index (χ1n) is 5.55. The Labute approximate surface area is 104 Å². The van der Waals surface area contributed by atoms with E-state index in [9.17, 15) is 9.59 Å². The predicted molar refractivity (Wildman–Crippen MR) is 62.3 cm³/mol. The van der Waals surface area contributed by atoms with Gasteiger partial charge >= 0.3 is 0 Å². The van der Waals surface area contributed by atoms with Gasteiger partial charge in [0.05, 0.1) is 18.8 Å². The molecule has 0 aromatic carbocycles. The molecule has 1 aromatic heterocycles. The number of aromatic nitrogens is 2. The van der Waals surface area contributed by atoms with Crippen molar-refractivity contribution in [2.24, 2.45) is 0 Å². The fourth-order valence-electron chi connectivity index (χ4n) is 1.51. The number of hydrogen-bond donors (Lipinski definition) is 4. The van der Waals surface area contributed by atoms with Gasteiger partial charge < -0.3 is 10.6 Å². The van der Waals surface area contributed by atoms with Crippen molar-refractivity contribution < 1.29 is 9.59 Å². The van der Waals surface area contributed by atoms with Crippen molar-refractivity contribution >= 4 is 11.8 Å². The van der Waals surface area contributed by atoms with Crippen molar-refractivity contribution in [3.8, 4) is 0 Å². The van der Waals surface area contributed by atoms with Gasteiger partial charge in [-0.2, -0.15) is 0 Å². The standard InChI is InChI=1S/C10H14N6O2/c17-9(16-7-3-14-15-4-7)6-13-10(18)8-5-11-1-2-12-8/h1-2,5,7,14-15H,3-4,6H2,(H,13,18)(H,16,17). The van der Waals surface area contributed by atoms with Gasteiger partial charge in [-0.1, -0.05) is 0 Å². The molecule has 0 unspecified atom stereocenters. The van der Waals surface area contributed by atoms with E-state index in [2.05, 4.69) is 31.5 Å². The lowest BCUT2D eigenvalue weighted by molar-refractivity contribution is -0.120. The summed E-state index contributed by atoms with van der Waals surface area (Å²) >= 11 is 0. The number of hydrogen-bond acceptors (Lipinski definition) is 6. The van der Waals surface area contributed by atoms with E-state index in [4.69, 9.17) is 0 Å². The van der Waals surface area contributed by atoms with Crippen molar-refractivity contribution in [1.29, 1.82) is 0 Å². The zero-order valence-corrected chi connectivity index (χ0v) is 9.64. The normalized spacial score (nSPS) is 15.3. The third-order valence-electron chi connectivity index (χ3n) is 2.39. The second kappa shape index (κ2) is 6.03. The van der Waals surface area contributed by atoms with Crippen molar-refractivity contribution in [3.63, 3.8) is 0 Å². The van der Waals surface area contributed by atoms with Crippen molar-refractivity contribution in [1.82, 2.24) is 31.5 Å². The molecule has 96 valence electrons. The van der Waals surface area contributed by atoms with E-state index >= 15 is 0 Å². The lowest BCUT2D eigenvalue weighted by Crippen LogP contribution is -2.44. The monoisotopic (exact) mass is 250 g/mol. The Hall–Kier alpha value is -2.06. The van der Waals surface area contributed by atoms with Crippen LogP contribution in [0.1, 0.15) is 10.5 Å². The average molecular weight is 250 g/mol. The fourth-order valence-corrected chi connectivity index (χ4v) is 1.51. The van der Waals surface area contributed by atoms with E-state index in [1.54, 1.807) is 0 Å². The van der Waals surface area contributed by atoms with Crippen LogP contribution < -0.4 is 21.5 Å². The third kappa shape index (κ3) is 3.47. The summed E-state index contributed by atoms with van der Waals surface area (Å²) in [6, 6.07) is 0.0471.